The molecule has 1 fully saturated rings. The molecule has 1 spiro atoms. The molecule has 4 rings (SSSR count). The van der Waals surface area contributed by atoms with E-state index in [9.17, 15) is 14.9 Å². The third kappa shape index (κ3) is 2.51. The Balaban J connectivity index is 1.93. The number of nitrogens with zero attached hydrogens (tertiary/aromatic N) is 2. The number of hydrogen-bond acceptors (Lipinski definition) is 5. The number of carbonyl (C=O) groups excluding carboxylic acids is 1. The van der Waals surface area contributed by atoms with Gasteiger partial charge in [0, 0.05) is 16.1 Å². The number of nitro benzene ring substituents is 1. The second-order valence-electron chi connectivity index (χ2n) is 6.78. The van der Waals surface area contributed by atoms with Crippen LogP contribution in [0.1, 0.15) is 19.4 Å². The molecular formula is C19H15BrN2O5. The maximum atomic E-state index is 12.7. The zero-order valence-corrected chi connectivity index (χ0v) is 16.1. The van der Waals surface area contributed by atoms with Crippen molar-refractivity contribution in [1.82, 2.24) is 0 Å². The van der Waals surface area contributed by atoms with Crippen LogP contribution in [0.2, 0.25) is 0 Å². The molecule has 27 heavy (non-hydrogen) atoms. The summed E-state index contributed by atoms with van der Waals surface area (Å²) in [4.78, 5) is 25.2. The topological polar surface area (TPSA) is 81.9 Å². The molecule has 8 heteroatoms. The van der Waals surface area contributed by atoms with Crippen molar-refractivity contribution in [3.05, 3.63) is 68.7 Å². The molecule has 0 aromatic heterocycles. The van der Waals surface area contributed by atoms with Gasteiger partial charge in [0.2, 0.25) is 5.75 Å². The van der Waals surface area contributed by atoms with Gasteiger partial charge in [0.25, 0.3) is 5.72 Å². The molecule has 0 aliphatic carbocycles. The van der Waals surface area contributed by atoms with E-state index in [1.807, 2.05) is 6.07 Å². The van der Waals surface area contributed by atoms with Gasteiger partial charge in [-0.3, -0.25) is 10.1 Å². The first kappa shape index (κ1) is 17.5. The molecular weight excluding hydrogens is 416 g/mol. The minimum Gasteiger partial charge on any atom is -0.452 e. The van der Waals surface area contributed by atoms with E-state index in [2.05, 4.69) is 15.9 Å². The summed E-state index contributed by atoms with van der Waals surface area (Å²) >= 11 is 3.28. The molecule has 2 aromatic rings. The van der Waals surface area contributed by atoms with Gasteiger partial charge >= 0.3 is 11.8 Å². The summed E-state index contributed by atoms with van der Waals surface area (Å²) in [6.07, 6.45) is 2.85. The number of halogens is 1. The van der Waals surface area contributed by atoms with Crippen molar-refractivity contribution in [3.8, 4) is 5.75 Å². The third-order valence-electron chi connectivity index (χ3n) is 4.74. The van der Waals surface area contributed by atoms with Gasteiger partial charge in [0.15, 0.2) is 5.60 Å². The van der Waals surface area contributed by atoms with Crippen molar-refractivity contribution in [2.45, 2.75) is 25.2 Å². The van der Waals surface area contributed by atoms with Crippen LogP contribution < -0.4 is 9.64 Å². The molecule has 0 N–H and O–H groups in total. The maximum absolute atomic E-state index is 12.7. The number of nitro groups is 1. The number of cyclic esters (lactones) is 1. The highest BCUT2D eigenvalue weighted by Gasteiger charge is 2.63. The standard InChI is InChI=1S/C19H15BrN2O5/c1-18(2)19(21(17(23)27-18)14-6-4-3-5-7-14)9-8-12-10-13(20)11-15(22(24)25)16(12)26-19/h3-11H,1-2H3/t19-/m1/s1. The minimum absolute atomic E-state index is 0.0954. The number of rotatable bonds is 2. The maximum Gasteiger partial charge on any atom is 0.418 e. The van der Waals surface area contributed by atoms with Crippen molar-refractivity contribution < 1.29 is 19.2 Å². The molecule has 2 aromatic carbocycles. The van der Waals surface area contributed by atoms with Crippen molar-refractivity contribution in [2.75, 3.05) is 4.90 Å². The Bertz CT molecular complexity index is 989. The number of ether oxygens (including phenoxy) is 2. The summed E-state index contributed by atoms with van der Waals surface area (Å²) in [5, 5.41) is 11.6. The van der Waals surface area contributed by atoms with E-state index in [0.717, 1.165) is 0 Å². The Morgan fingerprint density at radius 3 is 2.52 bits per heavy atom. The second-order valence-corrected chi connectivity index (χ2v) is 7.70. The van der Waals surface area contributed by atoms with Gasteiger partial charge in [0.1, 0.15) is 0 Å². The van der Waals surface area contributed by atoms with E-state index >= 15 is 0 Å². The van der Waals surface area contributed by atoms with Gasteiger partial charge in [-0.05, 0) is 44.2 Å². The number of amides is 1. The summed E-state index contributed by atoms with van der Waals surface area (Å²) in [6, 6.07) is 12.0. The molecule has 0 bridgehead atoms. The molecule has 1 saturated heterocycles. The fraction of sp³-hybridized carbons (Fsp3) is 0.211. The van der Waals surface area contributed by atoms with Crippen molar-refractivity contribution in [3.63, 3.8) is 0 Å². The van der Waals surface area contributed by atoms with Crippen LogP contribution >= 0.6 is 15.9 Å². The third-order valence-corrected chi connectivity index (χ3v) is 5.20. The lowest BCUT2D eigenvalue weighted by Crippen LogP contribution is -2.60. The Morgan fingerprint density at radius 2 is 1.85 bits per heavy atom. The normalized spacial score (nSPS) is 22.3. The largest absolute Gasteiger partial charge is 0.452 e. The Labute approximate surface area is 163 Å². The predicted octanol–water partition coefficient (Wildman–Crippen LogP) is 4.89. The first-order valence-corrected chi connectivity index (χ1v) is 8.99. The van der Waals surface area contributed by atoms with E-state index in [-0.39, 0.29) is 11.4 Å². The lowest BCUT2D eigenvalue weighted by molar-refractivity contribution is -0.386. The lowest BCUT2D eigenvalue weighted by Gasteiger charge is -2.42. The van der Waals surface area contributed by atoms with Crippen LogP contribution in [0.15, 0.2) is 53.0 Å². The van der Waals surface area contributed by atoms with Crippen molar-refractivity contribution in [2.24, 2.45) is 0 Å². The molecule has 1 atom stereocenters. The molecule has 1 amide bonds. The van der Waals surface area contributed by atoms with Crippen molar-refractivity contribution in [1.29, 1.82) is 0 Å². The highest BCUT2D eigenvalue weighted by molar-refractivity contribution is 9.10. The first-order valence-electron chi connectivity index (χ1n) is 8.20. The molecule has 0 saturated carbocycles. The van der Waals surface area contributed by atoms with Crippen LogP contribution in [-0.4, -0.2) is 22.3 Å². The fourth-order valence-electron chi connectivity index (χ4n) is 3.42. The van der Waals surface area contributed by atoms with E-state index in [1.54, 1.807) is 56.3 Å². The van der Waals surface area contributed by atoms with Crippen molar-refractivity contribution >= 4 is 39.5 Å². The van der Waals surface area contributed by atoms with E-state index in [0.29, 0.717) is 15.7 Å². The van der Waals surface area contributed by atoms with Crippen LogP contribution in [-0.2, 0) is 4.74 Å². The lowest BCUT2D eigenvalue weighted by atomic mass is 9.90. The highest BCUT2D eigenvalue weighted by atomic mass is 79.9. The number of benzene rings is 2. The molecule has 7 nitrogen and oxygen atoms in total. The quantitative estimate of drug-likeness (QED) is 0.499. The first-order chi connectivity index (χ1) is 12.7. The smallest absolute Gasteiger partial charge is 0.418 e. The van der Waals surface area contributed by atoms with Gasteiger partial charge < -0.3 is 9.47 Å². The zero-order chi connectivity index (χ0) is 19.4. The molecule has 2 heterocycles. The Kier molecular flexibility index (Phi) is 3.78. The van der Waals surface area contributed by atoms with Crippen LogP contribution in [0.4, 0.5) is 16.2 Å². The second kappa shape index (κ2) is 5.82. The van der Waals surface area contributed by atoms with Crippen LogP contribution in [0.3, 0.4) is 0 Å². The molecule has 0 unspecified atom stereocenters. The highest BCUT2D eigenvalue weighted by Crippen LogP contribution is 2.50. The summed E-state index contributed by atoms with van der Waals surface area (Å²) in [6.45, 7) is 3.43. The number of para-hydroxylation sites is 1. The number of hydrogen-bond donors (Lipinski definition) is 0. The molecule has 2 aliphatic rings. The summed E-state index contributed by atoms with van der Waals surface area (Å²) in [7, 11) is 0. The Morgan fingerprint density at radius 1 is 1.15 bits per heavy atom. The summed E-state index contributed by atoms with van der Waals surface area (Å²) in [5.74, 6) is 0.0954. The van der Waals surface area contributed by atoms with Gasteiger partial charge in [-0.2, -0.15) is 0 Å². The zero-order valence-electron chi connectivity index (χ0n) is 14.5. The minimum atomic E-state index is -1.36. The van der Waals surface area contributed by atoms with E-state index < -0.39 is 22.3 Å². The monoisotopic (exact) mass is 430 g/mol. The predicted molar refractivity (Wildman–Crippen MR) is 103 cm³/mol. The van der Waals surface area contributed by atoms with Gasteiger partial charge in [-0.15, -0.1) is 0 Å². The summed E-state index contributed by atoms with van der Waals surface area (Å²) < 4.78 is 12.4. The van der Waals surface area contributed by atoms with Gasteiger partial charge in [-0.1, -0.05) is 34.1 Å². The molecule has 0 radical (unpaired) electrons. The fourth-order valence-corrected chi connectivity index (χ4v) is 3.89. The Hall–Kier alpha value is -2.87. The number of fused-ring (bicyclic) bond motifs is 1. The SMILES string of the molecule is CC1(C)OC(=O)N(c2ccccc2)[C@@]12C=Cc1cc(Br)cc([N+](=O)[O-])c1O2. The number of carbonyl (C=O) groups is 1. The summed E-state index contributed by atoms with van der Waals surface area (Å²) in [5.41, 5.74) is -1.52. The van der Waals surface area contributed by atoms with E-state index in [1.165, 1.54) is 11.0 Å². The van der Waals surface area contributed by atoms with Crippen LogP contribution in [0, 0.1) is 10.1 Å². The van der Waals surface area contributed by atoms with E-state index in [4.69, 9.17) is 9.47 Å². The van der Waals surface area contributed by atoms with Gasteiger partial charge in [0.05, 0.1) is 10.6 Å². The van der Waals surface area contributed by atoms with Gasteiger partial charge in [-0.25, -0.2) is 9.69 Å². The average molecular weight is 431 g/mol. The van der Waals surface area contributed by atoms with Crippen LogP contribution in [0.5, 0.6) is 5.75 Å². The number of anilines is 1. The van der Waals surface area contributed by atoms with Crippen LogP contribution in [0.25, 0.3) is 6.08 Å². The molecule has 2 aliphatic heterocycles. The average Bonchev–Trinajstić information content (AvgIpc) is 2.80. The molecule has 138 valence electrons.